The van der Waals surface area contributed by atoms with Gasteiger partial charge in [-0.1, -0.05) is 0 Å². The second kappa shape index (κ2) is 5.65. The third-order valence-electron chi connectivity index (χ3n) is 5.52. The van der Waals surface area contributed by atoms with Crippen LogP contribution < -0.4 is 0 Å². The third kappa shape index (κ3) is 2.39. The number of hydrogen-bond donors (Lipinski definition) is 2. The summed E-state index contributed by atoms with van der Waals surface area (Å²) in [7, 11) is 0. The molecule has 4 rings (SSSR count). The van der Waals surface area contributed by atoms with Crippen molar-refractivity contribution in [1.29, 1.82) is 0 Å². The summed E-state index contributed by atoms with van der Waals surface area (Å²) in [5.74, 6) is -0.973. The van der Waals surface area contributed by atoms with Gasteiger partial charge in [0.2, 0.25) is 5.91 Å². The highest BCUT2D eigenvalue weighted by Crippen LogP contribution is 2.31. The zero-order valence-electron chi connectivity index (χ0n) is 13.9. The van der Waals surface area contributed by atoms with E-state index in [4.69, 9.17) is 0 Å². The minimum absolute atomic E-state index is 0.0793. The largest absolute Gasteiger partial charge is 0.480 e. The fourth-order valence-electron chi connectivity index (χ4n) is 4.26. The highest BCUT2D eigenvalue weighted by Gasteiger charge is 2.34. The number of amides is 1. The van der Waals surface area contributed by atoms with Gasteiger partial charge in [0.25, 0.3) is 0 Å². The summed E-state index contributed by atoms with van der Waals surface area (Å²) in [5.41, 5.74) is 5.91. The molecule has 0 bridgehead atoms. The van der Waals surface area contributed by atoms with E-state index >= 15 is 0 Å². The zero-order chi connectivity index (χ0) is 16.8. The molecule has 2 aliphatic rings. The molecule has 0 spiro atoms. The van der Waals surface area contributed by atoms with Gasteiger partial charge >= 0.3 is 5.97 Å². The fraction of sp³-hybridized carbons (Fsp3) is 0.474. The van der Waals surface area contributed by atoms with Gasteiger partial charge in [-0.05, 0) is 67.9 Å². The zero-order valence-corrected chi connectivity index (χ0v) is 13.9. The molecule has 2 N–H and O–H groups in total. The van der Waals surface area contributed by atoms with E-state index in [0.717, 1.165) is 41.4 Å². The second-order valence-corrected chi connectivity index (χ2v) is 7.01. The first kappa shape index (κ1) is 15.2. The van der Waals surface area contributed by atoms with Crippen molar-refractivity contribution in [1.82, 2.24) is 9.88 Å². The van der Waals surface area contributed by atoms with Gasteiger partial charge in [0, 0.05) is 23.1 Å². The highest BCUT2D eigenvalue weighted by atomic mass is 16.4. The van der Waals surface area contributed by atoms with Crippen LogP contribution in [0, 0.1) is 6.92 Å². The number of nitrogens with one attached hydrogen (secondary N) is 1. The van der Waals surface area contributed by atoms with Gasteiger partial charge in [0.1, 0.15) is 6.04 Å². The Morgan fingerprint density at radius 2 is 2.00 bits per heavy atom. The van der Waals surface area contributed by atoms with E-state index in [1.807, 2.05) is 6.92 Å². The van der Waals surface area contributed by atoms with Crippen molar-refractivity contribution < 1.29 is 14.7 Å². The van der Waals surface area contributed by atoms with Gasteiger partial charge in [-0.2, -0.15) is 0 Å². The molecule has 1 amide bonds. The Kier molecular flexibility index (Phi) is 3.59. The number of fused-ring (bicyclic) bond motifs is 2. The van der Waals surface area contributed by atoms with E-state index < -0.39 is 12.0 Å². The first-order valence-electron chi connectivity index (χ1n) is 8.70. The molecule has 2 aromatic rings. The summed E-state index contributed by atoms with van der Waals surface area (Å²) >= 11 is 0. The maximum absolute atomic E-state index is 12.7. The fourth-order valence-corrected chi connectivity index (χ4v) is 4.26. The Bertz CT molecular complexity index is 837. The van der Waals surface area contributed by atoms with Crippen LogP contribution in [0.1, 0.15) is 41.6 Å². The van der Waals surface area contributed by atoms with Crippen LogP contribution >= 0.6 is 0 Å². The number of carboxylic acids is 1. The van der Waals surface area contributed by atoms with E-state index in [0.29, 0.717) is 13.0 Å². The summed E-state index contributed by atoms with van der Waals surface area (Å²) in [6, 6.07) is 3.78. The molecule has 0 saturated carbocycles. The summed E-state index contributed by atoms with van der Waals surface area (Å²) in [6.07, 6.45) is 5.03. The number of rotatable bonds is 3. The lowest BCUT2D eigenvalue weighted by molar-refractivity contribution is -0.147. The number of hydrogen-bond acceptors (Lipinski definition) is 2. The Hall–Kier alpha value is -2.30. The van der Waals surface area contributed by atoms with Gasteiger partial charge in [-0.25, -0.2) is 4.79 Å². The predicted octanol–water partition coefficient (Wildman–Crippen LogP) is 2.58. The molecule has 1 fully saturated rings. The molecule has 24 heavy (non-hydrogen) atoms. The minimum Gasteiger partial charge on any atom is -0.480 e. The molecule has 1 atom stereocenters. The monoisotopic (exact) mass is 326 g/mol. The number of carboxylic acid groups (broad SMARTS) is 1. The summed E-state index contributed by atoms with van der Waals surface area (Å²) in [6.45, 7) is 2.54. The predicted molar refractivity (Wildman–Crippen MR) is 91.1 cm³/mol. The van der Waals surface area contributed by atoms with E-state index in [9.17, 15) is 14.7 Å². The van der Waals surface area contributed by atoms with Crippen LogP contribution in [0.25, 0.3) is 10.9 Å². The van der Waals surface area contributed by atoms with Gasteiger partial charge in [0.15, 0.2) is 0 Å². The lowest BCUT2D eigenvalue weighted by Crippen LogP contribution is -2.41. The molecule has 1 unspecified atom stereocenters. The van der Waals surface area contributed by atoms with Crippen molar-refractivity contribution in [2.45, 2.75) is 51.5 Å². The molecule has 5 nitrogen and oxygen atoms in total. The summed E-state index contributed by atoms with van der Waals surface area (Å²) in [5, 5.41) is 10.4. The number of aromatic amines is 1. The van der Waals surface area contributed by atoms with E-state index in [-0.39, 0.29) is 12.3 Å². The van der Waals surface area contributed by atoms with Crippen molar-refractivity contribution in [3.05, 3.63) is 34.5 Å². The molecule has 126 valence electrons. The topological polar surface area (TPSA) is 73.4 Å². The van der Waals surface area contributed by atoms with Gasteiger partial charge < -0.3 is 15.0 Å². The van der Waals surface area contributed by atoms with Gasteiger partial charge in [-0.15, -0.1) is 0 Å². The first-order chi connectivity index (χ1) is 11.5. The van der Waals surface area contributed by atoms with E-state index in [1.54, 1.807) is 0 Å². The number of carbonyl (C=O) groups is 2. The Morgan fingerprint density at radius 3 is 2.75 bits per heavy atom. The summed E-state index contributed by atoms with van der Waals surface area (Å²) in [4.78, 5) is 29.0. The normalized spacial score (nSPS) is 19.9. The average molecular weight is 326 g/mol. The molecule has 1 aromatic carbocycles. The first-order valence-corrected chi connectivity index (χ1v) is 8.70. The SMILES string of the molecule is Cc1[nH]c2cc3c(cc2c1CC(=O)N1CCCC1C(=O)O)CCC3. The minimum atomic E-state index is -0.894. The Balaban J connectivity index is 1.66. The number of carbonyl (C=O) groups excluding carboxylic acids is 1. The van der Waals surface area contributed by atoms with E-state index in [1.165, 1.54) is 22.4 Å². The lowest BCUT2D eigenvalue weighted by Gasteiger charge is -2.21. The third-order valence-corrected chi connectivity index (χ3v) is 5.52. The number of nitrogens with zero attached hydrogens (tertiary/aromatic N) is 1. The maximum Gasteiger partial charge on any atom is 0.326 e. The Morgan fingerprint density at radius 1 is 1.25 bits per heavy atom. The standard InChI is InChI=1S/C19H22N2O3/c1-11-14(10-18(22)21-7-3-6-17(21)19(23)24)15-8-12-4-2-5-13(12)9-16(15)20-11/h8-9,17,20H,2-7,10H2,1H3,(H,23,24). The number of benzene rings is 1. The van der Waals surface area contributed by atoms with Crippen molar-refractivity contribution in [2.75, 3.05) is 6.54 Å². The molecule has 1 saturated heterocycles. The molecule has 1 aliphatic carbocycles. The molecule has 1 aliphatic heterocycles. The van der Waals surface area contributed by atoms with Crippen LogP contribution in [-0.2, 0) is 28.9 Å². The quantitative estimate of drug-likeness (QED) is 0.910. The maximum atomic E-state index is 12.7. The molecule has 1 aromatic heterocycles. The number of aromatic nitrogens is 1. The van der Waals surface area contributed by atoms with Gasteiger partial charge in [-0.3, -0.25) is 4.79 Å². The lowest BCUT2D eigenvalue weighted by atomic mass is 10.0. The molecule has 0 radical (unpaired) electrons. The van der Waals surface area contributed by atoms with E-state index in [2.05, 4.69) is 17.1 Å². The average Bonchev–Trinajstić information content (AvgIpc) is 3.24. The van der Waals surface area contributed by atoms with Gasteiger partial charge in [0.05, 0.1) is 6.42 Å². The number of aliphatic carboxylic acids is 1. The number of H-pyrrole nitrogens is 1. The second-order valence-electron chi connectivity index (χ2n) is 7.01. The summed E-state index contributed by atoms with van der Waals surface area (Å²) < 4.78 is 0. The van der Waals surface area contributed by atoms with Crippen LogP contribution in [0.3, 0.4) is 0 Å². The van der Waals surface area contributed by atoms with Crippen molar-refractivity contribution >= 4 is 22.8 Å². The molecular weight excluding hydrogens is 304 g/mol. The van der Waals surface area contributed by atoms with Crippen LogP contribution in [0.2, 0.25) is 0 Å². The smallest absolute Gasteiger partial charge is 0.326 e. The van der Waals surface area contributed by atoms with Crippen LogP contribution in [-0.4, -0.2) is 39.5 Å². The van der Waals surface area contributed by atoms with Crippen molar-refractivity contribution in [3.8, 4) is 0 Å². The number of aryl methyl sites for hydroxylation is 3. The molecular formula is C19H22N2O3. The molecule has 2 heterocycles. The highest BCUT2D eigenvalue weighted by molar-refractivity contribution is 5.92. The van der Waals surface area contributed by atoms with Crippen LogP contribution in [0.15, 0.2) is 12.1 Å². The molecule has 5 heteroatoms. The van der Waals surface area contributed by atoms with Crippen molar-refractivity contribution in [2.24, 2.45) is 0 Å². The van der Waals surface area contributed by atoms with Crippen molar-refractivity contribution in [3.63, 3.8) is 0 Å². The number of likely N-dealkylation sites (tertiary alicyclic amines) is 1. The Labute approximate surface area is 140 Å². The van der Waals surface area contributed by atoms with Crippen LogP contribution in [0.5, 0.6) is 0 Å². The van der Waals surface area contributed by atoms with Crippen LogP contribution in [0.4, 0.5) is 0 Å².